The van der Waals surface area contributed by atoms with E-state index in [9.17, 15) is 9.90 Å². The van der Waals surface area contributed by atoms with Crippen LogP contribution in [-0.2, 0) is 4.79 Å². The summed E-state index contributed by atoms with van der Waals surface area (Å²) < 4.78 is 11.3. The number of amides is 1. The first-order valence-corrected chi connectivity index (χ1v) is 10.9. The molecule has 3 N–H and O–H groups in total. The summed E-state index contributed by atoms with van der Waals surface area (Å²) >= 11 is 0. The molecule has 1 atom stereocenters. The van der Waals surface area contributed by atoms with Gasteiger partial charge in [-0.05, 0) is 57.0 Å². The summed E-state index contributed by atoms with van der Waals surface area (Å²) in [5.74, 6) is 1.37. The van der Waals surface area contributed by atoms with Crippen LogP contribution in [0.2, 0.25) is 0 Å². The predicted octanol–water partition coefficient (Wildman–Crippen LogP) is 1.42. The summed E-state index contributed by atoms with van der Waals surface area (Å²) in [6.07, 6.45) is -0.915. The number of hydrogen-bond donors (Lipinski definition) is 3. The second kappa shape index (κ2) is 11.0. The Kier molecular flexibility index (Phi) is 8.13. The Morgan fingerprint density at radius 3 is 2.53 bits per heavy atom. The van der Waals surface area contributed by atoms with Crippen LogP contribution in [0.5, 0.6) is 5.75 Å². The normalized spacial score (nSPS) is 11.9. The molecule has 11 heteroatoms. The monoisotopic (exact) mass is 470 g/mol. The van der Waals surface area contributed by atoms with E-state index < -0.39 is 18.6 Å². The Balaban J connectivity index is 1.76. The molecule has 1 aromatic carbocycles. The number of rotatable bonds is 10. The van der Waals surface area contributed by atoms with E-state index in [2.05, 4.69) is 25.4 Å². The van der Waals surface area contributed by atoms with E-state index in [0.29, 0.717) is 29.1 Å². The molecule has 0 fully saturated rings. The van der Waals surface area contributed by atoms with Crippen molar-refractivity contribution in [1.82, 2.24) is 25.4 Å². The lowest BCUT2D eigenvalue weighted by molar-refractivity contribution is -0.124. The Labute approximate surface area is 197 Å². The third-order valence-electron chi connectivity index (χ3n) is 5.12. The molecule has 0 saturated carbocycles. The maximum Gasteiger partial charge on any atom is 0.277 e. The van der Waals surface area contributed by atoms with Crippen LogP contribution in [0, 0.1) is 20.8 Å². The maximum absolute atomic E-state index is 11.1. The Morgan fingerprint density at radius 1 is 1.18 bits per heavy atom. The third-order valence-corrected chi connectivity index (χ3v) is 5.12. The molecule has 1 amide bonds. The van der Waals surface area contributed by atoms with Crippen molar-refractivity contribution in [2.24, 2.45) is 0 Å². The van der Waals surface area contributed by atoms with E-state index in [1.54, 1.807) is 6.07 Å². The molecule has 0 bridgehead atoms. The highest BCUT2D eigenvalue weighted by Gasteiger charge is 2.17. The van der Waals surface area contributed by atoms with Crippen LogP contribution in [-0.4, -0.2) is 75.7 Å². The van der Waals surface area contributed by atoms with Crippen molar-refractivity contribution in [1.29, 1.82) is 0 Å². The van der Waals surface area contributed by atoms with Crippen LogP contribution >= 0.6 is 0 Å². The number of benzene rings is 1. The molecule has 0 aliphatic rings. The van der Waals surface area contributed by atoms with E-state index in [1.807, 2.05) is 51.8 Å². The second-order valence-corrected chi connectivity index (χ2v) is 8.00. The molecule has 0 spiro atoms. The topological polar surface area (TPSA) is 147 Å². The molecule has 11 nitrogen and oxygen atoms in total. The maximum atomic E-state index is 11.1. The van der Waals surface area contributed by atoms with Crippen molar-refractivity contribution in [2.75, 3.05) is 38.3 Å². The van der Waals surface area contributed by atoms with Crippen molar-refractivity contribution in [2.45, 2.75) is 33.8 Å². The van der Waals surface area contributed by atoms with E-state index in [1.165, 1.54) is 0 Å². The molecule has 1 unspecified atom stereocenters. The fourth-order valence-corrected chi connectivity index (χ4v) is 3.25. The summed E-state index contributed by atoms with van der Waals surface area (Å²) in [4.78, 5) is 26.5. The van der Waals surface area contributed by atoms with Gasteiger partial charge in [-0.3, -0.25) is 4.79 Å². The number of aliphatic hydroxyl groups is 2. The van der Waals surface area contributed by atoms with Crippen molar-refractivity contribution in [3.8, 4) is 28.7 Å². The summed E-state index contributed by atoms with van der Waals surface area (Å²) in [5.41, 5.74) is 3.77. The van der Waals surface area contributed by atoms with Gasteiger partial charge in [-0.1, -0.05) is 5.16 Å². The lowest BCUT2D eigenvalue weighted by atomic mass is 10.1. The molecule has 0 saturated heterocycles. The Bertz CT molecular complexity index is 1130. The van der Waals surface area contributed by atoms with Crippen LogP contribution in [0.4, 0.5) is 5.95 Å². The van der Waals surface area contributed by atoms with Crippen molar-refractivity contribution in [3.05, 3.63) is 35.0 Å². The lowest BCUT2D eigenvalue weighted by Gasteiger charge is -2.16. The average molecular weight is 471 g/mol. The molecule has 3 rings (SSSR count). The quantitative estimate of drug-likeness (QED) is 0.397. The van der Waals surface area contributed by atoms with Gasteiger partial charge in [-0.15, -0.1) is 0 Å². The molecule has 3 aromatic rings. The van der Waals surface area contributed by atoms with Gasteiger partial charge in [-0.25, -0.2) is 9.97 Å². The summed E-state index contributed by atoms with van der Waals surface area (Å²) in [5, 5.41) is 25.2. The van der Waals surface area contributed by atoms with Crippen molar-refractivity contribution >= 4 is 11.9 Å². The predicted molar refractivity (Wildman–Crippen MR) is 126 cm³/mol. The number of ether oxygens (including phenoxy) is 1. The summed E-state index contributed by atoms with van der Waals surface area (Å²) in [6, 6.07) is 5.54. The van der Waals surface area contributed by atoms with Gasteiger partial charge in [0.25, 0.3) is 5.89 Å². The third kappa shape index (κ3) is 6.06. The molecule has 0 radical (unpaired) electrons. The number of aryl methyl sites for hydroxylation is 3. The lowest BCUT2D eigenvalue weighted by Crippen LogP contribution is -2.36. The zero-order chi connectivity index (χ0) is 24.8. The molecule has 182 valence electrons. The fraction of sp³-hybridized carbons (Fsp3) is 0.435. The number of nitrogens with zero attached hydrogens (tertiary/aromatic N) is 5. The molecule has 0 aliphatic heterocycles. The van der Waals surface area contributed by atoms with Gasteiger partial charge >= 0.3 is 0 Å². The fourth-order valence-electron chi connectivity index (χ4n) is 3.25. The second-order valence-electron chi connectivity index (χ2n) is 8.00. The van der Waals surface area contributed by atoms with E-state index in [-0.39, 0.29) is 13.2 Å². The Morgan fingerprint density at radius 2 is 1.88 bits per heavy atom. The number of nitrogens with one attached hydrogen (secondary N) is 1. The largest absolute Gasteiger partial charge is 0.490 e. The highest BCUT2D eigenvalue weighted by molar-refractivity contribution is 5.76. The SMILES string of the molecule is CCN(C)c1nc(C)cc(-c2nc(-c3cc(C)c(OCC(O)CNC(=O)CO)c(C)c3)no2)n1. The van der Waals surface area contributed by atoms with E-state index in [4.69, 9.17) is 14.4 Å². The van der Waals surface area contributed by atoms with Gasteiger partial charge < -0.3 is 29.7 Å². The minimum atomic E-state index is -0.915. The molecule has 34 heavy (non-hydrogen) atoms. The van der Waals surface area contributed by atoms with Crippen LogP contribution in [0.1, 0.15) is 23.7 Å². The van der Waals surface area contributed by atoms with Crippen LogP contribution in [0.3, 0.4) is 0 Å². The molecule has 0 aliphatic carbocycles. The number of aliphatic hydroxyl groups excluding tert-OH is 2. The van der Waals surface area contributed by atoms with Crippen LogP contribution < -0.4 is 15.0 Å². The smallest absolute Gasteiger partial charge is 0.277 e. The summed E-state index contributed by atoms with van der Waals surface area (Å²) in [6.45, 7) is 7.78. The van der Waals surface area contributed by atoms with E-state index in [0.717, 1.165) is 28.9 Å². The first-order chi connectivity index (χ1) is 16.2. The van der Waals surface area contributed by atoms with Crippen LogP contribution in [0.15, 0.2) is 22.7 Å². The number of carbonyl (C=O) groups is 1. The minimum absolute atomic E-state index is 0.0132. The van der Waals surface area contributed by atoms with Gasteiger partial charge in [-0.2, -0.15) is 4.98 Å². The van der Waals surface area contributed by atoms with Gasteiger partial charge in [0, 0.05) is 31.4 Å². The standard InChI is InChI=1S/C23H30N6O5/c1-6-29(5)23-25-15(4)9-18(26-23)22-27-21(28-34-22)16-7-13(2)20(14(3)8-16)33-12-17(31)10-24-19(32)11-30/h7-9,17,30-31H,6,10-12H2,1-5H3,(H,24,32). The number of hydrogen-bond acceptors (Lipinski definition) is 10. The number of aromatic nitrogens is 4. The van der Waals surface area contributed by atoms with Crippen molar-refractivity contribution < 1.29 is 24.3 Å². The number of carbonyl (C=O) groups excluding carboxylic acids is 1. The first-order valence-electron chi connectivity index (χ1n) is 10.9. The first kappa shape index (κ1) is 25.1. The highest BCUT2D eigenvalue weighted by atomic mass is 16.5. The molecule has 2 aromatic heterocycles. The van der Waals surface area contributed by atoms with Gasteiger partial charge in [0.2, 0.25) is 17.7 Å². The summed E-state index contributed by atoms with van der Waals surface area (Å²) in [7, 11) is 1.91. The van der Waals surface area contributed by atoms with E-state index >= 15 is 0 Å². The van der Waals surface area contributed by atoms with Gasteiger partial charge in [0.15, 0.2) is 0 Å². The molecular formula is C23H30N6O5. The number of anilines is 1. The molecular weight excluding hydrogens is 440 g/mol. The zero-order valence-electron chi connectivity index (χ0n) is 20.0. The molecule has 2 heterocycles. The van der Waals surface area contributed by atoms with Gasteiger partial charge in [0.1, 0.15) is 30.8 Å². The average Bonchev–Trinajstić information content (AvgIpc) is 3.31. The van der Waals surface area contributed by atoms with Gasteiger partial charge in [0.05, 0.1) is 0 Å². The van der Waals surface area contributed by atoms with Crippen molar-refractivity contribution in [3.63, 3.8) is 0 Å². The zero-order valence-corrected chi connectivity index (χ0v) is 20.0. The van der Waals surface area contributed by atoms with Crippen LogP contribution in [0.25, 0.3) is 23.0 Å². The highest BCUT2D eigenvalue weighted by Crippen LogP contribution is 2.30. The minimum Gasteiger partial charge on any atom is -0.490 e. The Hall–Kier alpha value is -3.57.